The normalized spacial score (nSPS) is 20.8. The molecule has 0 fully saturated rings. The monoisotopic (exact) mass is 173 g/mol. The molecule has 0 aromatic rings. The molecule has 3 heteroatoms. The summed E-state index contributed by atoms with van der Waals surface area (Å²) in [6.07, 6.45) is 2.10. The molecule has 1 rings (SSSR count). The van der Waals surface area contributed by atoms with E-state index in [4.69, 9.17) is 0 Å². The lowest BCUT2D eigenvalue weighted by atomic mass is 9.98. The summed E-state index contributed by atoms with van der Waals surface area (Å²) in [6.45, 7) is 1.93. The smallest absolute Gasteiger partial charge is 0.154 e. The fourth-order valence-corrected chi connectivity index (χ4v) is 1.21. The zero-order valence-corrected chi connectivity index (χ0v) is 7.32. The number of halogens is 2. The molecule has 0 aromatic heterocycles. The highest BCUT2D eigenvalue weighted by atomic mass is 19.2. The van der Waals surface area contributed by atoms with Gasteiger partial charge in [0.1, 0.15) is 5.83 Å². The first-order valence-corrected chi connectivity index (χ1v) is 4.07. The van der Waals surface area contributed by atoms with Crippen molar-refractivity contribution in [3.63, 3.8) is 0 Å². The fraction of sp³-hybridized carbons (Fsp3) is 0.556. The van der Waals surface area contributed by atoms with Gasteiger partial charge in [0.05, 0.1) is 0 Å². The molecule has 0 bridgehead atoms. The minimum atomic E-state index is -0.710. The van der Waals surface area contributed by atoms with E-state index in [2.05, 4.69) is 5.32 Å². The number of hydrogen-bond donors (Lipinski definition) is 1. The van der Waals surface area contributed by atoms with Gasteiger partial charge < -0.3 is 5.32 Å². The van der Waals surface area contributed by atoms with E-state index in [-0.39, 0.29) is 12.5 Å². The Labute approximate surface area is 71.2 Å². The van der Waals surface area contributed by atoms with E-state index in [1.54, 1.807) is 7.05 Å². The SMILES string of the molecule is CN[C@@H](C)C1=CC(F)=C(F)CC1. The summed E-state index contributed by atoms with van der Waals surface area (Å²) < 4.78 is 25.3. The molecule has 1 N–H and O–H groups in total. The van der Waals surface area contributed by atoms with E-state index in [1.807, 2.05) is 6.92 Å². The lowest BCUT2D eigenvalue weighted by Crippen LogP contribution is -2.24. The van der Waals surface area contributed by atoms with E-state index in [0.29, 0.717) is 6.42 Å². The van der Waals surface area contributed by atoms with Gasteiger partial charge in [-0.2, -0.15) is 0 Å². The van der Waals surface area contributed by atoms with Gasteiger partial charge in [0, 0.05) is 12.5 Å². The van der Waals surface area contributed by atoms with Crippen LogP contribution in [0.1, 0.15) is 19.8 Å². The summed E-state index contributed by atoms with van der Waals surface area (Å²) in [5.74, 6) is -1.33. The quantitative estimate of drug-likeness (QED) is 0.676. The summed E-state index contributed by atoms with van der Waals surface area (Å²) in [5, 5.41) is 2.99. The van der Waals surface area contributed by atoms with Crippen LogP contribution in [0.25, 0.3) is 0 Å². The summed E-state index contributed by atoms with van der Waals surface area (Å²) in [4.78, 5) is 0. The first-order chi connectivity index (χ1) is 5.65. The minimum Gasteiger partial charge on any atom is -0.314 e. The molecule has 68 valence electrons. The third-order valence-corrected chi connectivity index (χ3v) is 2.19. The second kappa shape index (κ2) is 3.81. The van der Waals surface area contributed by atoms with Crippen LogP contribution in [0.2, 0.25) is 0 Å². The molecule has 0 spiro atoms. The minimum absolute atomic E-state index is 0.129. The Morgan fingerprint density at radius 2 is 2.08 bits per heavy atom. The van der Waals surface area contributed by atoms with Crippen LogP contribution in [0.5, 0.6) is 0 Å². The average Bonchev–Trinajstić information content (AvgIpc) is 2.08. The van der Waals surface area contributed by atoms with Crippen molar-refractivity contribution in [1.29, 1.82) is 0 Å². The zero-order valence-electron chi connectivity index (χ0n) is 7.32. The Hall–Kier alpha value is -0.700. The third-order valence-electron chi connectivity index (χ3n) is 2.19. The molecule has 0 heterocycles. The van der Waals surface area contributed by atoms with E-state index in [0.717, 1.165) is 5.57 Å². The molecule has 1 atom stereocenters. The molecule has 0 unspecified atom stereocenters. The Morgan fingerprint density at radius 1 is 1.42 bits per heavy atom. The second-order valence-corrected chi connectivity index (χ2v) is 2.98. The topological polar surface area (TPSA) is 12.0 Å². The molecule has 0 aliphatic heterocycles. The van der Waals surface area contributed by atoms with Crippen molar-refractivity contribution in [3.05, 3.63) is 23.3 Å². The van der Waals surface area contributed by atoms with Crippen molar-refractivity contribution in [3.8, 4) is 0 Å². The van der Waals surface area contributed by atoms with Gasteiger partial charge in [0.15, 0.2) is 5.83 Å². The molecule has 1 aliphatic carbocycles. The van der Waals surface area contributed by atoms with Crippen LogP contribution in [0.3, 0.4) is 0 Å². The van der Waals surface area contributed by atoms with Gasteiger partial charge >= 0.3 is 0 Å². The van der Waals surface area contributed by atoms with E-state index >= 15 is 0 Å². The molecular formula is C9H13F2N. The van der Waals surface area contributed by atoms with Crippen molar-refractivity contribution in [2.24, 2.45) is 0 Å². The largest absolute Gasteiger partial charge is 0.314 e. The number of hydrogen-bond acceptors (Lipinski definition) is 1. The van der Waals surface area contributed by atoms with Crippen molar-refractivity contribution in [2.75, 3.05) is 7.05 Å². The summed E-state index contributed by atoms with van der Waals surface area (Å²) >= 11 is 0. The third kappa shape index (κ3) is 1.91. The zero-order chi connectivity index (χ0) is 9.14. The Kier molecular flexibility index (Phi) is 2.98. The van der Waals surface area contributed by atoms with Gasteiger partial charge in [-0.05, 0) is 26.5 Å². The molecule has 0 saturated carbocycles. The van der Waals surface area contributed by atoms with E-state index in [1.165, 1.54) is 6.08 Å². The first-order valence-electron chi connectivity index (χ1n) is 4.07. The van der Waals surface area contributed by atoms with Crippen LogP contribution in [0.15, 0.2) is 23.3 Å². The average molecular weight is 173 g/mol. The standard InChI is InChI=1S/C9H13F2N/c1-6(12-2)7-3-4-8(10)9(11)5-7/h5-6,12H,3-4H2,1-2H3/t6-/m0/s1. The summed E-state index contributed by atoms with van der Waals surface area (Å²) in [7, 11) is 1.80. The second-order valence-electron chi connectivity index (χ2n) is 2.98. The highest BCUT2D eigenvalue weighted by Crippen LogP contribution is 2.26. The molecule has 1 nitrogen and oxygen atoms in total. The Balaban J connectivity index is 2.76. The van der Waals surface area contributed by atoms with Crippen molar-refractivity contribution in [2.45, 2.75) is 25.8 Å². The van der Waals surface area contributed by atoms with Gasteiger partial charge in [-0.25, -0.2) is 8.78 Å². The lowest BCUT2D eigenvalue weighted by molar-refractivity contribution is 0.499. The molecule has 0 saturated heterocycles. The maximum absolute atomic E-state index is 12.7. The molecular weight excluding hydrogens is 160 g/mol. The van der Waals surface area contributed by atoms with Gasteiger partial charge in [-0.1, -0.05) is 5.57 Å². The van der Waals surface area contributed by atoms with Gasteiger partial charge in [0.2, 0.25) is 0 Å². The van der Waals surface area contributed by atoms with Crippen molar-refractivity contribution >= 4 is 0 Å². The van der Waals surface area contributed by atoms with Gasteiger partial charge in [0.25, 0.3) is 0 Å². The first kappa shape index (κ1) is 9.39. The number of likely N-dealkylation sites (N-methyl/N-ethyl adjacent to an activating group) is 1. The molecule has 0 amide bonds. The number of allylic oxidation sites excluding steroid dienone is 3. The van der Waals surface area contributed by atoms with Crippen LogP contribution in [0.4, 0.5) is 8.78 Å². The van der Waals surface area contributed by atoms with E-state index in [9.17, 15) is 8.78 Å². The fourth-order valence-electron chi connectivity index (χ4n) is 1.21. The van der Waals surface area contributed by atoms with Crippen molar-refractivity contribution in [1.82, 2.24) is 5.32 Å². The molecule has 12 heavy (non-hydrogen) atoms. The Morgan fingerprint density at radius 3 is 2.58 bits per heavy atom. The number of rotatable bonds is 2. The van der Waals surface area contributed by atoms with Crippen molar-refractivity contribution < 1.29 is 8.78 Å². The predicted octanol–water partition coefficient (Wildman–Crippen LogP) is 2.47. The molecule has 0 aromatic carbocycles. The predicted molar refractivity (Wildman–Crippen MR) is 45.1 cm³/mol. The highest BCUT2D eigenvalue weighted by molar-refractivity contribution is 5.28. The molecule has 0 radical (unpaired) electrons. The van der Waals surface area contributed by atoms with Gasteiger partial charge in [-0.3, -0.25) is 0 Å². The number of nitrogens with one attached hydrogen (secondary N) is 1. The maximum Gasteiger partial charge on any atom is 0.154 e. The lowest BCUT2D eigenvalue weighted by Gasteiger charge is -2.17. The molecule has 1 aliphatic rings. The van der Waals surface area contributed by atoms with Crippen LogP contribution < -0.4 is 5.32 Å². The summed E-state index contributed by atoms with van der Waals surface area (Å²) in [5.41, 5.74) is 0.927. The maximum atomic E-state index is 12.7. The summed E-state index contributed by atoms with van der Waals surface area (Å²) in [6, 6.07) is 0.129. The van der Waals surface area contributed by atoms with Crippen LogP contribution in [-0.2, 0) is 0 Å². The Bertz CT molecular complexity index is 231. The van der Waals surface area contributed by atoms with Crippen LogP contribution in [0, 0.1) is 0 Å². The highest BCUT2D eigenvalue weighted by Gasteiger charge is 2.15. The van der Waals surface area contributed by atoms with Gasteiger partial charge in [-0.15, -0.1) is 0 Å². The van der Waals surface area contributed by atoms with Crippen LogP contribution in [-0.4, -0.2) is 13.1 Å². The van der Waals surface area contributed by atoms with Crippen LogP contribution >= 0.6 is 0 Å². The van der Waals surface area contributed by atoms with E-state index < -0.39 is 11.7 Å².